The molecule has 0 bridgehead atoms. The molecule has 2 saturated heterocycles. The predicted octanol–water partition coefficient (Wildman–Crippen LogP) is 0.311. The Bertz CT molecular complexity index is 189. The second kappa shape index (κ2) is 3.03. The molecule has 2 aliphatic heterocycles. The molecule has 12 heavy (non-hydrogen) atoms. The lowest BCUT2D eigenvalue weighted by molar-refractivity contribution is -0.148. The van der Waals surface area contributed by atoms with E-state index in [9.17, 15) is 4.79 Å². The van der Waals surface area contributed by atoms with Crippen molar-refractivity contribution in [2.45, 2.75) is 25.7 Å². The van der Waals surface area contributed by atoms with Crippen molar-refractivity contribution in [2.24, 2.45) is 5.92 Å². The van der Waals surface area contributed by atoms with E-state index in [1.807, 2.05) is 6.92 Å². The number of hydrogen-bond acceptors (Lipinski definition) is 4. The highest BCUT2D eigenvalue weighted by Gasteiger charge is 2.46. The number of rotatable bonds is 2. The summed E-state index contributed by atoms with van der Waals surface area (Å²) in [4.78, 5) is 10.9. The van der Waals surface area contributed by atoms with E-state index in [1.165, 1.54) is 0 Å². The summed E-state index contributed by atoms with van der Waals surface area (Å²) >= 11 is 0. The summed E-state index contributed by atoms with van der Waals surface area (Å²) in [6, 6.07) is 0. The van der Waals surface area contributed by atoms with Gasteiger partial charge in [-0.05, 0) is 6.92 Å². The average molecular weight is 172 g/mol. The van der Waals surface area contributed by atoms with Gasteiger partial charge < -0.3 is 14.2 Å². The molecule has 3 atom stereocenters. The lowest BCUT2D eigenvalue weighted by atomic mass is 10.0. The monoisotopic (exact) mass is 172 g/mol. The average Bonchev–Trinajstić information content (AvgIpc) is 2.52. The lowest BCUT2D eigenvalue weighted by Gasteiger charge is -2.13. The first-order chi connectivity index (χ1) is 5.81. The molecule has 0 unspecified atom stereocenters. The molecular weight excluding hydrogens is 160 g/mol. The summed E-state index contributed by atoms with van der Waals surface area (Å²) in [6.45, 7) is 3.01. The van der Waals surface area contributed by atoms with Crippen LogP contribution in [0.5, 0.6) is 0 Å². The van der Waals surface area contributed by atoms with Gasteiger partial charge in [0.25, 0.3) is 0 Å². The number of fused-ring (bicyclic) bond motifs is 1. The maximum Gasteiger partial charge on any atom is 0.306 e. The van der Waals surface area contributed by atoms with Crippen molar-refractivity contribution in [1.82, 2.24) is 0 Å². The third kappa shape index (κ3) is 1.21. The van der Waals surface area contributed by atoms with Gasteiger partial charge in [-0.2, -0.15) is 0 Å². The van der Waals surface area contributed by atoms with Crippen LogP contribution in [0.2, 0.25) is 0 Å². The van der Waals surface area contributed by atoms with E-state index in [4.69, 9.17) is 14.2 Å². The fourth-order valence-electron chi connectivity index (χ4n) is 1.71. The van der Waals surface area contributed by atoms with Crippen molar-refractivity contribution in [3.63, 3.8) is 0 Å². The van der Waals surface area contributed by atoms with E-state index < -0.39 is 0 Å². The van der Waals surface area contributed by atoms with Gasteiger partial charge in [-0.1, -0.05) is 0 Å². The molecule has 2 fully saturated rings. The van der Waals surface area contributed by atoms with Gasteiger partial charge in [0.1, 0.15) is 6.10 Å². The Balaban J connectivity index is 1.98. The molecule has 0 aromatic heterocycles. The molecule has 0 aromatic rings. The number of hydrogen-bond donors (Lipinski definition) is 0. The third-order valence-electron chi connectivity index (χ3n) is 2.27. The summed E-state index contributed by atoms with van der Waals surface area (Å²) in [6.07, 6.45) is 0.149. The van der Waals surface area contributed by atoms with Crippen molar-refractivity contribution in [1.29, 1.82) is 0 Å². The molecule has 4 heteroatoms. The molecule has 0 aromatic carbocycles. The first-order valence-electron chi connectivity index (χ1n) is 4.24. The molecule has 4 nitrogen and oxygen atoms in total. The summed E-state index contributed by atoms with van der Waals surface area (Å²) in [7, 11) is 0. The van der Waals surface area contributed by atoms with Gasteiger partial charge in [-0.3, -0.25) is 4.79 Å². The van der Waals surface area contributed by atoms with Crippen LogP contribution in [-0.4, -0.2) is 31.6 Å². The fraction of sp³-hybridized carbons (Fsp3) is 0.875. The van der Waals surface area contributed by atoms with Crippen molar-refractivity contribution < 1.29 is 19.0 Å². The molecule has 2 aliphatic rings. The zero-order valence-corrected chi connectivity index (χ0v) is 6.99. The summed E-state index contributed by atoms with van der Waals surface area (Å²) in [5.41, 5.74) is 0. The lowest BCUT2D eigenvalue weighted by Crippen LogP contribution is -2.22. The molecule has 0 saturated carbocycles. The van der Waals surface area contributed by atoms with Crippen LogP contribution in [0.15, 0.2) is 0 Å². The maximum absolute atomic E-state index is 10.9. The minimum absolute atomic E-state index is 0.0611. The third-order valence-corrected chi connectivity index (χ3v) is 2.27. The number of carbonyl (C=O) groups excluding carboxylic acids is 1. The largest absolute Gasteiger partial charge is 0.459 e. The maximum atomic E-state index is 10.9. The topological polar surface area (TPSA) is 44.8 Å². The number of ether oxygens (including phenoxy) is 3. The number of carbonyl (C=O) groups is 1. The molecule has 0 aliphatic carbocycles. The van der Waals surface area contributed by atoms with Crippen LogP contribution in [0.4, 0.5) is 0 Å². The smallest absolute Gasteiger partial charge is 0.306 e. The molecule has 0 amide bonds. The van der Waals surface area contributed by atoms with Gasteiger partial charge in [0.15, 0.2) is 6.29 Å². The van der Waals surface area contributed by atoms with Crippen molar-refractivity contribution in [2.75, 3.05) is 13.2 Å². The second-order valence-corrected chi connectivity index (χ2v) is 3.05. The van der Waals surface area contributed by atoms with Gasteiger partial charge in [0.05, 0.1) is 18.9 Å². The van der Waals surface area contributed by atoms with E-state index in [2.05, 4.69) is 0 Å². The summed E-state index contributed by atoms with van der Waals surface area (Å²) in [5.74, 6) is -0.00421. The Hall–Kier alpha value is -0.610. The normalized spacial score (nSPS) is 39.8. The van der Waals surface area contributed by atoms with E-state index >= 15 is 0 Å². The minimum Gasteiger partial charge on any atom is -0.459 e. The van der Waals surface area contributed by atoms with Crippen LogP contribution in [0.3, 0.4) is 0 Å². The Morgan fingerprint density at radius 1 is 1.67 bits per heavy atom. The predicted molar refractivity (Wildman–Crippen MR) is 39.4 cm³/mol. The molecule has 68 valence electrons. The molecule has 2 heterocycles. The summed E-state index contributed by atoms with van der Waals surface area (Å²) < 4.78 is 15.6. The van der Waals surface area contributed by atoms with Crippen molar-refractivity contribution in [3.05, 3.63) is 0 Å². The van der Waals surface area contributed by atoms with E-state index in [0.29, 0.717) is 19.6 Å². The number of esters is 1. The highest BCUT2D eigenvalue weighted by atomic mass is 16.7. The van der Waals surface area contributed by atoms with Gasteiger partial charge >= 0.3 is 5.97 Å². The highest BCUT2D eigenvalue weighted by molar-refractivity contribution is 5.72. The Labute approximate surface area is 70.8 Å². The van der Waals surface area contributed by atoms with Crippen LogP contribution in [0, 0.1) is 5.92 Å². The standard InChI is InChI=1S/C8H12O4/c1-2-10-8-5-3-7(9)12-6(5)4-11-8/h5-6,8H,2-4H2,1H3/t5-,6-,8-/m1/s1. The molecule has 0 spiro atoms. The van der Waals surface area contributed by atoms with E-state index in [0.717, 1.165) is 0 Å². The SMILES string of the molecule is CCO[C@@H]1OC[C@H]2OC(=O)C[C@@H]12. The van der Waals surface area contributed by atoms with E-state index in [1.54, 1.807) is 0 Å². The highest BCUT2D eigenvalue weighted by Crippen LogP contribution is 2.33. The zero-order chi connectivity index (χ0) is 8.55. The molecule has 0 N–H and O–H groups in total. The van der Waals surface area contributed by atoms with Crippen LogP contribution in [-0.2, 0) is 19.0 Å². The first kappa shape index (κ1) is 8.01. The van der Waals surface area contributed by atoms with Crippen molar-refractivity contribution in [3.8, 4) is 0 Å². The Morgan fingerprint density at radius 2 is 2.50 bits per heavy atom. The molecule has 0 radical (unpaired) electrons. The van der Waals surface area contributed by atoms with Crippen LogP contribution >= 0.6 is 0 Å². The Morgan fingerprint density at radius 3 is 3.25 bits per heavy atom. The Kier molecular flexibility index (Phi) is 2.02. The van der Waals surface area contributed by atoms with Crippen molar-refractivity contribution >= 4 is 5.97 Å². The van der Waals surface area contributed by atoms with Crippen LogP contribution in [0.1, 0.15) is 13.3 Å². The van der Waals surface area contributed by atoms with Gasteiger partial charge in [0, 0.05) is 6.61 Å². The summed E-state index contributed by atoms with van der Waals surface area (Å²) in [5, 5.41) is 0. The quantitative estimate of drug-likeness (QED) is 0.562. The van der Waals surface area contributed by atoms with Gasteiger partial charge in [0.2, 0.25) is 0 Å². The van der Waals surface area contributed by atoms with Gasteiger partial charge in [-0.15, -0.1) is 0 Å². The molecular formula is C8H12O4. The first-order valence-corrected chi connectivity index (χ1v) is 4.24. The van der Waals surface area contributed by atoms with E-state index in [-0.39, 0.29) is 24.3 Å². The van der Waals surface area contributed by atoms with Crippen LogP contribution in [0.25, 0.3) is 0 Å². The fourth-order valence-corrected chi connectivity index (χ4v) is 1.71. The van der Waals surface area contributed by atoms with Gasteiger partial charge in [-0.25, -0.2) is 0 Å². The minimum atomic E-state index is -0.230. The molecule has 2 rings (SSSR count). The van der Waals surface area contributed by atoms with Crippen LogP contribution < -0.4 is 0 Å². The zero-order valence-electron chi connectivity index (χ0n) is 6.99. The second-order valence-electron chi connectivity index (χ2n) is 3.05.